The third-order valence-corrected chi connectivity index (χ3v) is 5.61. The second-order valence-electron chi connectivity index (χ2n) is 7.27. The predicted molar refractivity (Wildman–Crippen MR) is 100 cm³/mol. The van der Waals surface area contributed by atoms with Crippen molar-refractivity contribution in [3.63, 3.8) is 0 Å². The molecule has 3 nitrogen and oxygen atoms in total. The fourth-order valence-corrected chi connectivity index (χ4v) is 4.42. The van der Waals surface area contributed by atoms with Crippen LogP contribution in [0.5, 0.6) is 0 Å². The van der Waals surface area contributed by atoms with Gasteiger partial charge in [-0.05, 0) is 48.1 Å². The first kappa shape index (κ1) is 14.9. The molecular formula is C22H22N2O. The Hall–Kier alpha value is -2.39. The molecule has 0 spiro atoms. The molecule has 2 aliphatic rings. The third-order valence-electron chi connectivity index (χ3n) is 5.61. The van der Waals surface area contributed by atoms with E-state index >= 15 is 0 Å². The molecule has 25 heavy (non-hydrogen) atoms. The summed E-state index contributed by atoms with van der Waals surface area (Å²) in [7, 11) is 0. The smallest absolute Gasteiger partial charge is 0.192 e. The molecule has 0 amide bonds. The lowest BCUT2D eigenvalue weighted by molar-refractivity contribution is 0.203. The number of nitrogens with zero attached hydrogens (tertiary/aromatic N) is 2. The van der Waals surface area contributed by atoms with Crippen molar-refractivity contribution >= 4 is 16.7 Å². The highest BCUT2D eigenvalue weighted by Gasteiger charge is 2.36. The Kier molecular flexibility index (Phi) is 3.49. The number of rotatable bonds is 3. The maximum absolute atomic E-state index is 5.61. The molecule has 2 unspecified atom stereocenters. The first-order chi connectivity index (χ1) is 12.3. The molecule has 126 valence electrons. The molecule has 0 saturated carbocycles. The van der Waals surface area contributed by atoms with Crippen LogP contribution in [0.1, 0.15) is 36.3 Å². The van der Waals surface area contributed by atoms with Gasteiger partial charge in [0.05, 0.1) is 0 Å². The average molecular weight is 330 g/mol. The van der Waals surface area contributed by atoms with E-state index < -0.39 is 0 Å². The zero-order valence-corrected chi connectivity index (χ0v) is 14.5. The van der Waals surface area contributed by atoms with E-state index in [1.807, 2.05) is 6.92 Å². The minimum atomic E-state index is 0.559. The molecule has 0 radical (unpaired) electrons. The van der Waals surface area contributed by atoms with Gasteiger partial charge >= 0.3 is 0 Å². The molecule has 2 atom stereocenters. The average Bonchev–Trinajstić information content (AvgIpc) is 3.09. The van der Waals surface area contributed by atoms with Crippen molar-refractivity contribution in [2.45, 2.75) is 44.8 Å². The molecule has 0 aliphatic carbocycles. The summed E-state index contributed by atoms with van der Waals surface area (Å²) in [4.78, 5) is 7.17. The van der Waals surface area contributed by atoms with Gasteiger partial charge in [-0.25, -0.2) is 4.98 Å². The summed E-state index contributed by atoms with van der Waals surface area (Å²) < 4.78 is 5.61. The molecular weight excluding hydrogens is 308 g/mol. The number of benzene rings is 2. The maximum Gasteiger partial charge on any atom is 0.192 e. The van der Waals surface area contributed by atoms with Crippen molar-refractivity contribution in [2.24, 2.45) is 0 Å². The lowest BCUT2D eigenvalue weighted by atomic mass is 9.94. The molecule has 1 fully saturated rings. The molecule has 2 bridgehead atoms. The van der Waals surface area contributed by atoms with Gasteiger partial charge in [-0.2, -0.15) is 0 Å². The number of oxazole rings is 1. The van der Waals surface area contributed by atoms with Gasteiger partial charge < -0.3 is 4.42 Å². The van der Waals surface area contributed by atoms with E-state index in [0.717, 1.165) is 30.0 Å². The molecule has 1 saturated heterocycles. The summed E-state index contributed by atoms with van der Waals surface area (Å²) in [6.45, 7) is 2.96. The fraction of sp³-hybridized carbons (Fsp3) is 0.318. The Labute approximate surface area is 148 Å². The third kappa shape index (κ3) is 2.69. The van der Waals surface area contributed by atoms with Crippen LogP contribution in [0, 0.1) is 6.92 Å². The number of hydrogen-bond donors (Lipinski definition) is 0. The normalized spacial score (nSPS) is 23.2. The highest BCUT2D eigenvalue weighted by molar-refractivity contribution is 5.80. The topological polar surface area (TPSA) is 29.3 Å². The van der Waals surface area contributed by atoms with Crippen LogP contribution in [0.25, 0.3) is 16.7 Å². The maximum atomic E-state index is 5.61. The van der Waals surface area contributed by atoms with Crippen LogP contribution in [-0.2, 0) is 6.54 Å². The van der Waals surface area contributed by atoms with E-state index in [9.17, 15) is 0 Å². The van der Waals surface area contributed by atoms with Crippen LogP contribution < -0.4 is 0 Å². The standard InChI is InChI=1S/C22H22N2O/c1-15-23-21-13-17(7-10-22(21)25-15)18-11-19-8-9-20(12-18)24(19)14-16-5-3-2-4-6-16/h2-7,10-11,13,19-20H,8-9,12,14H2,1H3. The van der Waals surface area contributed by atoms with E-state index in [2.05, 4.69) is 64.5 Å². The summed E-state index contributed by atoms with van der Waals surface area (Å²) >= 11 is 0. The van der Waals surface area contributed by atoms with Crippen LogP contribution >= 0.6 is 0 Å². The van der Waals surface area contributed by atoms with Crippen LogP contribution in [0.2, 0.25) is 0 Å². The number of aryl methyl sites for hydroxylation is 1. The van der Waals surface area contributed by atoms with Crippen LogP contribution in [-0.4, -0.2) is 22.0 Å². The van der Waals surface area contributed by atoms with Gasteiger partial charge in [0, 0.05) is 25.6 Å². The molecule has 3 aromatic rings. The Morgan fingerprint density at radius 3 is 2.84 bits per heavy atom. The van der Waals surface area contributed by atoms with E-state index in [0.29, 0.717) is 12.1 Å². The van der Waals surface area contributed by atoms with E-state index in [4.69, 9.17) is 4.42 Å². The fourth-order valence-electron chi connectivity index (χ4n) is 4.42. The van der Waals surface area contributed by atoms with E-state index in [-0.39, 0.29) is 0 Å². The Bertz CT molecular complexity index is 941. The van der Waals surface area contributed by atoms with Crippen molar-refractivity contribution in [1.29, 1.82) is 0 Å². The van der Waals surface area contributed by atoms with Crippen molar-refractivity contribution in [1.82, 2.24) is 9.88 Å². The molecule has 1 aromatic heterocycles. The Morgan fingerprint density at radius 1 is 1.12 bits per heavy atom. The van der Waals surface area contributed by atoms with Gasteiger partial charge in [0.25, 0.3) is 0 Å². The van der Waals surface area contributed by atoms with Crippen LogP contribution in [0.3, 0.4) is 0 Å². The lowest BCUT2D eigenvalue weighted by Crippen LogP contribution is -2.37. The zero-order chi connectivity index (χ0) is 16.8. The Morgan fingerprint density at radius 2 is 2.00 bits per heavy atom. The molecule has 3 heteroatoms. The lowest BCUT2D eigenvalue weighted by Gasteiger charge is -2.34. The molecule has 5 rings (SSSR count). The van der Waals surface area contributed by atoms with Crippen molar-refractivity contribution in [3.8, 4) is 0 Å². The molecule has 3 heterocycles. The first-order valence-corrected chi connectivity index (χ1v) is 9.14. The predicted octanol–water partition coefficient (Wildman–Crippen LogP) is 4.96. The SMILES string of the molecule is Cc1nc2cc(C3=CC4CCC(C3)N4Cc3ccccc3)ccc2o1. The number of aromatic nitrogens is 1. The highest BCUT2D eigenvalue weighted by Crippen LogP contribution is 2.39. The molecule has 2 aromatic carbocycles. The number of hydrogen-bond acceptors (Lipinski definition) is 3. The highest BCUT2D eigenvalue weighted by atomic mass is 16.3. The van der Waals surface area contributed by atoms with Gasteiger partial charge in [-0.15, -0.1) is 0 Å². The number of fused-ring (bicyclic) bond motifs is 3. The van der Waals surface area contributed by atoms with Crippen molar-refractivity contribution < 1.29 is 4.42 Å². The summed E-state index contributed by atoms with van der Waals surface area (Å²) in [5.74, 6) is 0.735. The van der Waals surface area contributed by atoms with Gasteiger partial charge in [-0.3, -0.25) is 4.90 Å². The van der Waals surface area contributed by atoms with Gasteiger partial charge in [0.15, 0.2) is 11.5 Å². The summed E-state index contributed by atoms with van der Waals surface area (Å²) in [5, 5.41) is 0. The minimum absolute atomic E-state index is 0.559. The van der Waals surface area contributed by atoms with Gasteiger partial charge in [-0.1, -0.05) is 42.5 Å². The quantitative estimate of drug-likeness (QED) is 0.680. The molecule has 2 aliphatic heterocycles. The van der Waals surface area contributed by atoms with Crippen LogP contribution in [0.15, 0.2) is 59.0 Å². The molecule has 0 N–H and O–H groups in total. The van der Waals surface area contributed by atoms with Gasteiger partial charge in [0.2, 0.25) is 0 Å². The Balaban J connectivity index is 1.43. The monoisotopic (exact) mass is 330 g/mol. The van der Waals surface area contributed by atoms with E-state index in [1.165, 1.54) is 29.5 Å². The summed E-state index contributed by atoms with van der Waals surface area (Å²) in [6.07, 6.45) is 6.18. The first-order valence-electron chi connectivity index (χ1n) is 9.14. The zero-order valence-electron chi connectivity index (χ0n) is 14.5. The second-order valence-corrected chi connectivity index (χ2v) is 7.27. The van der Waals surface area contributed by atoms with Gasteiger partial charge in [0.1, 0.15) is 5.52 Å². The summed E-state index contributed by atoms with van der Waals surface area (Å²) in [6, 6.07) is 18.5. The van der Waals surface area contributed by atoms with Crippen LogP contribution in [0.4, 0.5) is 0 Å². The largest absolute Gasteiger partial charge is 0.441 e. The van der Waals surface area contributed by atoms with E-state index in [1.54, 1.807) is 0 Å². The summed E-state index contributed by atoms with van der Waals surface area (Å²) in [5.41, 5.74) is 6.04. The van der Waals surface area contributed by atoms with Crippen molar-refractivity contribution in [3.05, 3.63) is 71.6 Å². The minimum Gasteiger partial charge on any atom is -0.441 e. The van der Waals surface area contributed by atoms with Crippen molar-refractivity contribution in [2.75, 3.05) is 0 Å². The second kappa shape index (κ2) is 5.85.